The van der Waals surface area contributed by atoms with Gasteiger partial charge in [0.2, 0.25) is 5.75 Å². The molecule has 35 heavy (non-hydrogen) atoms. The van der Waals surface area contributed by atoms with Crippen LogP contribution in [0.3, 0.4) is 0 Å². The fourth-order valence-corrected chi connectivity index (χ4v) is 3.74. The number of nitrogens with one attached hydrogen (secondary N) is 1. The van der Waals surface area contributed by atoms with E-state index in [0.717, 1.165) is 5.56 Å². The first-order valence-electron chi connectivity index (χ1n) is 11.0. The van der Waals surface area contributed by atoms with Gasteiger partial charge in [-0.05, 0) is 35.4 Å². The monoisotopic (exact) mass is 475 g/mol. The lowest BCUT2D eigenvalue weighted by atomic mass is 10.0. The van der Waals surface area contributed by atoms with Crippen molar-refractivity contribution in [3.63, 3.8) is 0 Å². The number of amides is 1. The lowest BCUT2D eigenvalue weighted by molar-refractivity contribution is 0.0940. The third-order valence-corrected chi connectivity index (χ3v) is 5.52. The number of rotatable bonds is 9. The summed E-state index contributed by atoms with van der Waals surface area (Å²) in [6.07, 6.45) is 3.39. The lowest BCUT2D eigenvalue weighted by Crippen LogP contribution is -2.31. The minimum Gasteiger partial charge on any atom is -0.493 e. The first-order valence-corrected chi connectivity index (χ1v) is 11.0. The minimum atomic E-state index is -0.677. The predicted molar refractivity (Wildman–Crippen MR) is 129 cm³/mol. The Morgan fingerprint density at radius 2 is 1.74 bits per heavy atom. The molecular weight excluding hydrogens is 449 g/mol. The van der Waals surface area contributed by atoms with Gasteiger partial charge in [-0.15, -0.1) is 0 Å². The second-order valence-corrected chi connectivity index (χ2v) is 7.84. The minimum absolute atomic E-state index is 0.293. The molecule has 4 aromatic rings. The van der Waals surface area contributed by atoms with Crippen LogP contribution in [0.4, 0.5) is 4.39 Å². The molecule has 0 fully saturated rings. The summed E-state index contributed by atoms with van der Waals surface area (Å²) < 4.78 is 32.8. The topological polar surface area (TPSA) is 74.6 Å². The van der Waals surface area contributed by atoms with Gasteiger partial charge in [0.15, 0.2) is 11.5 Å². The number of nitrogens with zero attached hydrogens (tertiary/aromatic N) is 2. The van der Waals surface area contributed by atoms with Crippen molar-refractivity contribution in [2.24, 2.45) is 7.05 Å². The van der Waals surface area contributed by atoms with Gasteiger partial charge in [-0.2, -0.15) is 0 Å². The third-order valence-electron chi connectivity index (χ3n) is 5.52. The summed E-state index contributed by atoms with van der Waals surface area (Å²) >= 11 is 0. The van der Waals surface area contributed by atoms with E-state index in [1.54, 1.807) is 41.2 Å². The number of hydrogen-bond donors (Lipinski definition) is 1. The normalized spacial score (nSPS) is 11.5. The van der Waals surface area contributed by atoms with Gasteiger partial charge in [-0.3, -0.25) is 4.79 Å². The average Bonchev–Trinajstić information content (AvgIpc) is 3.31. The Balaban J connectivity index is 1.64. The highest BCUT2D eigenvalue weighted by Gasteiger charge is 2.24. The van der Waals surface area contributed by atoms with Crippen LogP contribution in [0, 0.1) is 5.82 Å². The molecule has 0 bridgehead atoms. The largest absolute Gasteiger partial charge is 0.493 e. The van der Waals surface area contributed by atoms with Crippen LogP contribution in [0.15, 0.2) is 79.1 Å². The molecule has 0 saturated heterocycles. The molecule has 0 aliphatic carbocycles. The lowest BCUT2D eigenvalue weighted by Gasteiger charge is -2.20. The number of halogens is 1. The van der Waals surface area contributed by atoms with Gasteiger partial charge in [-0.1, -0.05) is 42.5 Å². The van der Waals surface area contributed by atoms with Crippen molar-refractivity contribution in [3.05, 3.63) is 107 Å². The zero-order valence-electron chi connectivity index (χ0n) is 19.7. The van der Waals surface area contributed by atoms with E-state index in [2.05, 4.69) is 10.3 Å². The van der Waals surface area contributed by atoms with Crippen molar-refractivity contribution in [1.29, 1.82) is 0 Å². The molecule has 1 N–H and O–H groups in total. The van der Waals surface area contributed by atoms with E-state index in [1.165, 1.54) is 26.4 Å². The van der Waals surface area contributed by atoms with Crippen molar-refractivity contribution in [3.8, 4) is 17.2 Å². The molecule has 8 heteroatoms. The number of methoxy groups -OCH3 is 2. The summed E-state index contributed by atoms with van der Waals surface area (Å²) in [4.78, 5) is 17.7. The highest BCUT2D eigenvalue weighted by atomic mass is 19.1. The molecule has 0 spiro atoms. The van der Waals surface area contributed by atoms with Crippen LogP contribution in [0.2, 0.25) is 0 Å². The van der Waals surface area contributed by atoms with Crippen LogP contribution >= 0.6 is 0 Å². The van der Waals surface area contributed by atoms with Crippen molar-refractivity contribution in [2.75, 3.05) is 14.2 Å². The van der Waals surface area contributed by atoms with Crippen LogP contribution in [0.25, 0.3) is 0 Å². The van der Waals surface area contributed by atoms with E-state index < -0.39 is 17.8 Å². The molecule has 1 amide bonds. The first-order chi connectivity index (χ1) is 17.0. The van der Waals surface area contributed by atoms with Crippen LogP contribution in [-0.2, 0) is 13.7 Å². The molecular formula is C27H26FN3O4. The second kappa shape index (κ2) is 10.7. The van der Waals surface area contributed by atoms with Gasteiger partial charge in [-0.25, -0.2) is 9.37 Å². The van der Waals surface area contributed by atoms with E-state index in [4.69, 9.17) is 14.2 Å². The Kier molecular flexibility index (Phi) is 7.30. The van der Waals surface area contributed by atoms with Crippen molar-refractivity contribution in [1.82, 2.24) is 14.9 Å². The number of imidazole rings is 1. The Bertz CT molecular complexity index is 1280. The van der Waals surface area contributed by atoms with Gasteiger partial charge in [0, 0.05) is 25.0 Å². The van der Waals surface area contributed by atoms with Gasteiger partial charge < -0.3 is 24.1 Å². The summed E-state index contributed by atoms with van der Waals surface area (Å²) in [5, 5.41) is 2.96. The fourth-order valence-electron chi connectivity index (χ4n) is 3.74. The molecule has 7 nitrogen and oxygen atoms in total. The summed E-state index contributed by atoms with van der Waals surface area (Å²) in [6, 6.07) is 18.2. The summed E-state index contributed by atoms with van der Waals surface area (Å²) in [5.74, 6) is 0.842. The molecule has 0 radical (unpaired) electrons. The molecule has 1 heterocycles. The van der Waals surface area contributed by atoms with E-state index in [0.29, 0.717) is 40.8 Å². The Morgan fingerprint density at radius 1 is 1.03 bits per heavy atom. The molecule has 1 atom stereocenters. The van der Waals surface area contributed by atoms with Gasteiger partial charge in [0.05, 0.1) is 14.2 Å². The first kappa shape index (κ1) is 23.8. The van der Waals surface area contributed by atoms with Crippen LogP contribution in [-0.4, -0.2) is 29.7 Å². The van der Waals surface area contributed by atoms with Crippen molar-refractivity contribution < 1.29 is 23.4 Å². The van der Waals surface area contributed by atoms with Crippen molar-refractivity contribution >= 4 is 5.91 Å². The molecule has 4 rings (SSSR count). The molecule has 0 saturated carbocycles. The SMILES string of the molecule is COc1cc(C(=O)N[C@@H](c2cccc(F)c2)c2nccn2C)cc(OC)c1OCc1ccccc1. The van der Waals surface area contributed by atoms with Crippen LogP contribution in [0.5, 0.6) is 17.2 Å². The molecule has 0 aliphatic heterocycles. The fraction of sp³-hybridized carbons (Fsp3) is 0.185. The molecule has 0 aliphatic rings. The maximum Gasteiger partial charge on any atom is 0.252 e. The number of benzene rings is 3. The Labute approximate surface area is 203 Å². The second-order valence-electron chi connectivity index (χ2n) is 7.84. The van der Waals surface area contributed by atoms with Gasteiger partial charge in [0.1, 0.15) is 24.3 Å². The maximum absolute atomic E-state index is 14.0. The van der Waals surface area contributed by atoms with Crippen LogP contribution < -0.4 is 19.5 Å². The smallest absolute Gasteiger partial charge is 0.252 e. The average molecular weight is 476 g/mol. The van der Waals surface area contributed by atoms with Crippen molar-refractivity contribution in [2.45, 2.75) is 12.6 Å². The standard InChI is InChI=1S/C27H26FN3O4/c1-31-13-12-29-26(31)24(19-10-7-11-21(28)14-19)30-27(32)20-15-22(33-2)25(23(16-20)34-3)35-17-18-8-5-4-6-9-18/h4-16,24H,17H2,1-3H3,(H,30,32)/t24-/m0/s1. The zero-order valence-corrected chi connectivity index (χ0v) is 19.7. The number of carbonyl (C=O) groups excluding carboxylic acids is 1. The molecule has 180 valence electrons. The number of hydrogen-bond acceptors (Lipinski definition) is 5. The molecule has 3 aromatic carbocycles. The predicted octanol–water partition coefficient (Wildman–Crippen LogP) is 4.67. The van der Waals surface area contributed by atoms with E-state index >= 15 is 0 Å². The highest BCUT2D eigenvalue weighted by molar-refractivity contribution is 5.96. The van der Waals surface area contributed by atoms with Crippen LogP contribution in [0.1, 0.15) is 33.4 Å². The van der Waals surface area contributed by atoms with E-state index in [9.17, 15) is 9.18 Å². The van der Waals surface area contributed by atoms with Gasteiger partial charge in [0.25, 0.3) is 5.91 Å². The molecule has 0 unspecified atom stereocenters. The molecule has 1 aromatic heterocycles. The Hall–Kier alpha value is -4.33. The highest BCUT2D eigenvalue weighted by Crippen LogP contribution is 2.39. The number of carbonyl (C=O) groups is 1. The summed E-state index contributed by atoms with van der Waals surface area (Å²) in [5.41, 5.74) is 1.84. The van der Waals surface area contributed by atoms with E-state index in [-0.39, 0.29) is 0 Å². The summed E-state index contributed by atoms with van der Waals surface area (Å²) in [7, 11) is 4.80. The number of ether oxygens (including phenoxy) is 3. The van der Waals surface area contributed by atoms with Gasteiger partial charge >= 0.3 is 0 Å². The quantitative estimate of drug-likeness (QED) is 0.381. The zero-order chi connectivity index (χ0) is 24.8. The van der Waals surface area contributed by atoms with E-state index in [1.807, 2.05) is 37.4 Å². The summed E-state index contributed by atoms with van der Waals surface area (Å²) in [6.45, 7) is 0.305. The maximum atomic E-state index is 14.0. The Morgan fingerprint density at radius 3 is 2.34 bits per heavy atom. The number of aromatic nitrogens is 2. The third kappa shape index (κ3) is 5.43. The number of aryl methyl sites for hydroxylation is 1.